The highest BCUT2D eigenvalue weighted by Gasteiger charge is 2.13. The van der Waals surface area contributed by atoms with Crippen LogP contribution in [-0.4, -0.2) is 41.0 Å². The molecule has 134 valence electrons. The van der Waals surface area contributed by atoms with Gasteiger partial charge in [0.2, 0.25) is 0 Å². The van der Waals surface area contributed by atoms with Crippen molar-refractivity contribution >= 4 is 22.4 Å². The van der Waals surface area contributed by atoms with Crippen molar-refractivity contribution in [2.45, 2.75) is 6.54 Å². The van der Waals surface area contributed by atoms with Crippen LogP contribution in [0.3, 0.4) is 0 Å². The van der Waals surface area contributed by atoms with Crippen molar-refractivity contribution in [2.24, 2.45) is 0 Å². The van der Waals surface area contributed by atoms with Gasteiger partial charge in [0.1, 0.15) is 0 Å². The Hall–Kier alpha value is -3.23. The summed E-state index contributed by atoms with van der Waals surface area (Å²) in [5.74, 6) is 0.889. The molecule has 0 atom stereocenters. The van der Waals surface area contributed by atoms with Gasteiger partial charge in [-0.3, -0.25) is 9.67 Å². The van der Waals surface area contributed by atoms with Crippen molar-refractivity contribution in [2.75, 3.05) is 6.61 Å². The van der Waals surface area contributed by atoms with Crippen LogP contribution in [0.25, 0.3) is 38.0 Å². The van der Waals surface area contributed by atoms with Gasteiger partial charge in [0.15, 0.2) is 5.82 Å². The SMILES string of the molecule is OCCn1cnc2cc(-n3ccnc3-c3ccc(-c4ccn[nH]4)s3)ccc21. The van der Waals surface area contributed by atoms with Gasteiger partial charge >= 0.3 is 0 Å². The maximum Gasteiger partial charge on any atom is 0.154 e. The molecule has 7 nitrogen and oxygen atoms in total. The van der Waals surface area contributed by atoms with Gasteiger partial charge in [0.25, 0.3) is 0 Å². The fourth-order valence-electron chi connectivity index (χ4n) is 3.18. The van der Waals surface area contributed by atoms with E-state index in [1.54, 1.807) is 30.1 Å². The molecule has 0 aliphatic rings. The van der Waals surface area contributed by atoms with Crippen molar-refractivity contribution in [3.63, 3.8) is 0 Å². The number of aliphatic hydroxyl groups is 1. The second-order valence-corrected chi connectivity index (χ2v) is 7.17. The molecule has 0 bridgehead atoms. The molecule has 0 aliphatic carbocycles. The van der Waals surface area contributed by atoms with Crippen LogP contribution in [0.4, 0.5) is 0 Å². The summed E-state index contributed by atoms with van der Waals surface area (Å²) in [4.78, 5) is 11.2. The Morgan fingerprint density at radius 1 is 1.04 bits per heavy atom. The molecule has 0 aliphatic heterocycles. The molecule has 0 amide bonds. The summed E-state index contributed by atoms with van der Waals surface area (Å²) in [6, 6.07) is 12.2. The Labute approximate surface area is 158 Å². The Morgan fingerprint density at radius 2 is 1.96 bits per heavy atom. The molecule has 1 aromatic carbocycles. The molecular formula is C19H16N6OS. The molecule has 5 aromatic rings. The highest BCUT2D eigenvalue weighted by molar-refractivity contribution is 7.18. The van der Waals surface area contributed by atoms with Crippen LogP contribution in [0.15, 0.2) is 61.3 Å². The predicted octanol–water partition coefficient (Wildman–Crippen LogP) is 3.33. The lowest BCUT2D eigenvalue weighted by atomic mass is 10.2. The fourth-order valence-corrected chi connectivity index (χ4v) is 4.15. The van der Waals surface area contributed by atoms with Crippen molar-refractivity contribution < 1.29 is 5.11 Å². The zero-order valence-corrected chi connectivity index (χ0v) is 15.1. The van der Waals surface area contributed by atoms with Crippen molar-refractivity contribution in [1.29, 1.82) is 0 Å². The zero-order valence-electron chi connectivity index (χ0n) is 14.3. The average molecular weight is 376 g/mol. The van der Waals surface area contributed by atoms with E-state index in [1.807, 2.05) is 35.0 Å². The van der Waals surface area contributed by atoms with Crippen LogP contribution in [0.1, 0.15) is 0 Å². The maximum atomic E-state index is 9.17. The highest BCUT2D eigenvalue weighted by atomic mass is 32.1. The van der Waals surface area contributed by atoms with E-state index in [0.717, 1.165) is 38.0 Å². The monoisotopic (exact) mass is 376 g/mol. The topological polar surface area (TPSA) is 84.5 Å². The lowest BCUT2D eigenvalue weighted by Gasteiger charge is -2.07. The van der Waals surface area contributed by atoms with E-state index in [9.17, 15) is 0 Å². The van der Waals surface area contributed by atoms with Crippen LogP contribution < -0.4 is 0 Å². The van der Waals surface area contributed by atoms with Gasteiger partial charge in [-0.25, -0.2) is 9.97 Å². The molecule has 5 rings (SSSR count). The number of rotatable bonds is 5. The maximum absolute atomic E-state index is 9.17. The number of nitrogens with one attached hydrogen (secondary N) is 1. The van der Waals surface area contributed by atoms with E-state index < -0.39 is 0 Å². The van der Waals surface area contributed by atoms with Gasteiger partial charge < -0.3 is 9.67 Å². The van der Waals surface area contributed by atoms with Gasteiger partial charge in [-0.05, 0) is 36.4 Å². The summed E-state index contributed by atoms with van der Waals surface area (Å²) >= 11 is 1.67. The quantitative estimate of drug-likeness (QED) is 0.493. The summed E-state index contributed by atoms with van der Waals surface area (Å²) < 4.78 is 4.01. The molecule has 0 spiro atoms. The number of imidazole rings is 2. The molecule has 4 aromatic heterocycles. The van der Waals surface area contributed by atoms with E-state index in [1.165, 1.54) is 0 Å². The van der Waals surface area contributed by atoms with E-state index in [2.05, 4.69) is 36.9 Å². The normalized spacial score (nSPS) is 11.4. The van der Waals surface area contributed by atoms with Gasteiger partial charge in [-0.1, -0.05) is 0 Å². The summed E-state index contributed by atoms with van der Waals surface area (Å²) in [7, 11) is 0. The van der Waals surface area contributed by atoms with E-state index >= 15 is 0 Å². The number of aliphatic hydroxyl groups excluding tert-OH is 1. The molecule has 0 saturated heterocycles. The summed E-state index contributed by atoms with van der Waals surface area (Å²) in [6.45, 7) is 0.633. The molecule has 0 fully saturated rings. The first-order chi connectivity index (χ1) is 13.3. The highest BCUT2D eigenvalue weighted by Crippen LogP contribution is 2.34. The molecule has 0 radical (unpaired) electrons. The Morgan fingerprint density at radius 3 is 2.81 bits per heavy atom. The third kappa shape index (κ3) is 2.75. The molecule has 8 heteroatoms. The number of hydrogen-bond acceptors (Lipinski definition) is 5. The number of nitrogens with zero attached hydrogens (tertiary/aromatic N) is 5. The summed E-state index contributed by atoms with van der Waals surface area (Å²) in [6.07, 6.45) is 7.27. The van der Waals surface area contributed by atoms with Crippen molar-refractivity contribution in [1.82, 2.24) is 29.3 Å². The lowest BCUT2D eigenvalue weighted by Crippen LogP contribution is -2.00. The number of benzene rings is 1. The summed E-state index contributed by atoms with van der Waals surface area (Å²) in [5.41, 5.74) is 3.90. The van der Waals surface area contributed by atoms with E-state index in [-0.39, 0.29) is 6.61 Å². The van der Waals surface area contributed by atoms with Crippen LogP contribution in [-0.2, 0) is 6.54 Å². The van der Waals surface area contributed by atoms with Gasteiger partial charge in [-0.2, -0.15) is 5.10 Å². The second kappa shape index (κ2) is 6.49. The van der Waals surface area contributed by atoms with E-state index in [0.29, 0.717) is 6.54 Å². The summed E-state index contributed by atoms with van der Waals surface area (Å²) in [5, 5.41) is 16.2. The Kier molecular flexibility index (Phi) is 3.84. The minimum atomic E-state index is 0.0932. The lowest BCUT2D eigenvalue weighted by molar-refractivity contribution is 0.278. The van der Waals surface area contributed by atoms with Gasteiger partial charge in [0.05, 0.1) is 39.4 Å². The predicted molar refractivity (Wildman–Crippen MR) is 105 cm³/mol. The zero-order chi connectivity index (χ0) is 18.2. The van der Waals surface area contributed by atoms with Crippen LogP contribution in [0, 0.1) is 0 Å². The average Bonchev–Trinajstić information content (AvgIpc) is 3.46. The standard InChI is InChI=1S/C19H16N6OS/c26-10-9-24-12-21-15-11-13(1-2-16(15)24)25-8-7-20-19(25)18-4-3-17(27-18)14-5-6-22-23-14/h1-8,11-12,26H,9-10H2,(H,22,23). The van der Waals surface area contributed by atoms with Crippen molar-refractivity contribution in [3.8, 4) is 27.0 Å². The first-order valence-corrected chi connectivity index (χ1v) is 9.34. The van der Waals surface area contributed by atoms with Crippen molar-refractivity contribution in [3.05, 3.63) is 61.3 Å². The number of aromatic nitrogens is 6. The van der Waals surface area contributed by atoms with Gasteiger partial charge in [0, 0.05) is 30.8 Å². The second-order valence-electron chi connectivity index (χ2n) is 6.09. The molecule has 0 unspecified atom stereocenters. The molecule has 27 heavy (non-hydrogen) atoms. The Balaban J connectivity index is 1.54. The van der Waals surface area contributed by atoms with Crippen LogP contribution >= 0.6 is 11.3 Å². The van der Waals surface area contributed by atoms with Crippen LogP contribution in [0.5, 0.6) is 0 Å². The third-order valence-electron chi connectivity index (χ3n) is 4.46. The number of H-pyrrole nitrogens is 1. The van der Waals surface area contributed by atoms with E-state index in [4.69, 9.17) is 5.11 Å². The number of aromatic amines is 1. The molecular weight excluding hydrogens is 360 g/mol. The fraction of sp³-hybridized carbons (Fsp3) is 0.105. The molecule has 2 N–H and O–H groups in total. The largest absolute Gasteiger partial charge is 0.395 e. The van der Waals surface area contributed by atoms with Gasteiger partial charge in [-0.15, -0.1) is 11.3 Å². The minimum Gasteiger partial charge on any atom is -0.395 e. The smallest absolute Gasteiger partial charge is 0.154 e. The first kappa shape index (κ1) is 16.0. The Bertz CT molecular complexity index is 1200. The van der Waals surface area contributed by atoms with Crippen LogP contribution in [0.2, 0.25) is 0 Å². The first-order valence-electron chi connectivity index (χ1n) is 8.53. The molecule has 0 saturated carbocycles. The molecule has 4 heterocycles. The number of thiophene rings is 1. The number of fused-ring (bicyclic) bond motifs is 1. The minimum absolute atomic E-state index is 0.0932. The third-order valence-corrected chi connectivity index (χ3v) is 5.57. The number of hydrogen-bond donors (Lipinski definition) is 2.